The summed E-state index contributed by atoms with van der Waals surface area (Å²) in [6, 6.07) is 6.45. The number of fused-ring (bicyclic) bond motifs is 1. The van der Waals surface area contributed by atoms with Crippen LogP contribution in [0.4, 0.5) is 5.69 Å². The highest BCUT2D eigenvalue weighted by Crippen LogP contribution is 2.59. The van der Waals surface area contributed by atoms with Crippen molar-refractivity contribution in [2.45, 2.75) is 42.5 Å². The van der Waals surface area contributed by atoms with E-state index in [1.54, 1.807) is 7.11 Å². The van der Waals surface area contributed by atoms with Gasteiger partial charge in [0.1, 0.15) is 11.9 Å². The number of aliphatic hydroxyl groups excluding tert-OH is 2. The van der Waals surface area contributed by atoms with Gasteiger partial charge >= 0.3 is 0 Å². The molecule has 1 aromatic rings. The molecule has 134 valence electrons. The van der Waals surface area contributed by atoms with Gasteiger partial charge in [0, 0.05) is 42.7 Å². The number of anilines is 1. The van der Waals surface area contributed by atoms with E-state index in [1.807, 2.05) is 13.1 Å². The molecule has 0 bridgehead atoms. The van der Waals surface area contributed by atoms with Gasteiger partial charge in [0.2, 0.25) is 0 Å². The molecule has 3 heterocycles. The van der Waals surface area contributed by atoms with Crippen molar-refractivity contribution in [3.05, 3.63) is 35.9 Å². The lowest BCUT2D eigenvalue weighted by atomic mass is 9.54. The second-order valence-corrected chi connectivity index (χ2v) is 8.01. The van der Waals surface area contributed by atoms with Crippen molar-refractivity contribution in [2.24, 2.45) is 5.92 Å². The number of rotatable bonds is 1. The molecule has 6 unspecified atom stereocenters. The molecule has 5 nitrogen and oxygen atoms in total. The lowest BCUT2D eigenvalue weighted by Gasteiger charge is -2.61. The summed E-state index contributed by atoms with van der Waals surface area (Å²) >= 11 is 0. The molecule has 1 saturated heterocycles. The quantitative estimate of drug-likeness (QED) is 0.750. The molecule has 3 aliphatic heterocycles. The normalized spacial score (nSPS) is 41.9. The number of ether oxygens (including phenoxy) is 1. The molecule has 6 atom stereocenters. The molecule has 1 saturated carbocycles. The summed E-state index contributed by atoms with van der Waals surface area (Å²) in [5.41, 5.74) is 2.30. The van der Waals surface area contributed by atoms with E-state index in [0.717, 1.165) is 37.4 Å². The highest BCUT2D eigenvalue weighted by Gasteiger charge is 2.66. The molecule has 5 heteroatoms. The third-order valence-corrected chi connectivity index (χ3v) is 7.12. The largest absolute Gasteiger partial charge is 0.497 e. The van der Waals surface area contributed by atoms with Crippen LogP contribution in [0.1, 0.15) is 18.4 Å². The Morgan fingerprint density at radius 2 is 2.04 bits per heavy atom. The maximum atomic E-state index is 11.1. The van der Waals surface area contributed by atoms with Crippen LogP contribution in [0.3, 0.4) is 0 Å². The van der Waals surface area contributed by atoms with Crippen molar-refractivity contribution in [2.75, 3.05) is 32.1 Å². The zero-order valence-corrected chi connectivity index (χ0v) is 14.8. The minimum absolute atomic E-state index is 0.0123. The van der Waals surface area contributed by atoms with E-state index in [1.165, 1.54) is 5.56 Å². The maximum absolute atomic E-state index is 11.1. The number of piperidine rings is 1. The van der Waals surface area contributed by atoms with Crippen LogP contribution in [0.2, 0.25) is 0 Å². The van der Waals surface area contributed by atoms with E-state index in [4.69, 9.17) is 4.74 Å². The van der Waals surface area contributed by atoms with Gasteiger partial charge in [0.25, 0.3) is 0 Å². The van der Waals surface area contributed by atoms with Crippen LogP contribution in [0.5, 0.6) is 5.75 Å². The van der Waals surface area contributed by atoms with Crippen LogP contribution >= 0.6 is 0 Å². The molecule has 0 amide bonds. The molecule has 1 spiro atoms. The Bertz CT molecular complexity index is 736. The Kier molecular flexibility index (Phi) is 3.28. The monoisotopic (exact) mass is 342 g/mol. The fraction of sp³-hybridized carbons (Fsp3) is 0.600. The van der Waals surface area contributed by atoms with Crippen molar-refractivity contribution in [3.63, 3.8) is 0 Å². The average Bonchev–Trinajstić information content (AvgIpc) is 2.88. The summed E-state index contributed by atoms with van der Waals surface area (Å²) in [5.74, 6) is 0.824. The Morgan fingerprint density at radius 3 is 2.84 bits per heavy atom. The Hall–Kier alpha value is -1.56. The van der Waals surface area contributed by atoms with Crippen molar-refractivity contribution in [3.8, 4) is 5.75 Å². The van der Waals surface area contributed by atoms with Gasteiger partial charge in [0.15, 0.2) is 0 Å². The summed E-state index contributed by atoms with van der Waals surface area (Å²) < 4.78 is 5.44. The van der Waals surface area contributed by atoms with E-state index in [9.17, 15) is 10.2 Å². The zero-order chi connectivity index (χ0) is 17.3. The van der Waals surface area contributed by atoms with Gasteiger partial charge in [-0.15, -0.1) is 0 Å². The number of hydrogen-bond donors (Lipinski definition) is 2. The zero-order valence-electron chi connectivity index (χ0n) is 14.8. The summed E-state index contributed by atoms with van der Waals surface area (Å²) in [6.07, 6.45) is 4.99. The second kappa shape index (κ2) is 5.22. The Morgan fingerprint density at radius 1 is 1.20 bits per heavy atom. The lowest BCUT2D eigenvalue weighted by molar-refractivity contribution is -0.124. The number of benzene rings is 1. The molecule has 1 aromatic carbocycles. The molecule has 0 aromatic heterocycles. The Labute approximate surface area is 148 Å². The van der Waals surface area contributed by atoms with Crippen LogP contribution in [0.25, 0.3) is 0 Å². The summed E-state index contributed by atoms with van der Waals surface area (Å²) in [7, 11) is 3.73. The fourth-order valence-corrected chi connectivity index (χ4v) is 6.28. The molecule has 4 aliphatic rings. The number of methoxy groups -OCH3 is 1. The smallest absolute Gasteiger partial charge is 0.120 e. The third-order valence-electron chi connectivity index (χ3n) is 7.12. The first-order chi connectivity index (χ1) is 12.1. The van der Waals surface area contributed by atoms with E-state index >= 15 is 0 Å². The summed E-state index contributed by atoms with van der Waals surface area (Å²) in [4.78, 5) is 4.70. The SMILES string of the molecule is COc1ccc2c(c1)N(C)C1C(O)C(O)C3C=CCN4CCCC21C34. The van der Waals surface area contributed by atoms with E-state index < -0.39 is 12.2 Å². The molecular weight excluding hydrogens is 316 g/mol. The summed E-state index contributed by atoms with van der Waals surface area (Å²) in [5, 5.41) is 22.0. The molecule has 5 rings (SSSR count). The van der Waals surface area contributed by atoms with Gasteiger partial charge in [-0.1, -0.05) is 18.2 Å². The standard InChI is InChI=1S/C20H26N2O3/c1-21-15-11-12(25-2)6-7-14(15)20-8-4-10-22-9-3-5-13(18(20)22)16(23)17(24)19(20)21/h3,5-7,11,13,16-19,23-24H,4,8-10H2,1-2H3. The predicted octanol–water partition coefficient (Wildman–Crippen LogP) is 1.14. The fourth-order valence-electron chi connectivity index (χ4n) is 6.28. The lowest BCUT2D eigenvalue weighted by Crippen LogP contribution is -2.73. The van der Waals surface area contributed by atoms with Gasteiger partial charge in [0.05, 0.1) is 19.3 Å². The van der Waals surface area contributed by atoms with Crippen LogP contribution < -0.4 is 9.64 Å². The predicted molar refractivity (Wildman–Crippen MR) is 96.1 cm³/mol. The van der Waals surface area contributed by atoms with Crippen LogP contribution in [-0.2, 0) is 5.41 Å². The van der Waals surface area contributed by atoms with Gasteiger partial charge in [-0.05, 0) is 31.0 Å². The molecule has 0 radical (unpaired) electrons. The second-order valence-electron chi connectivity index (χ2n) is 8.01. The van der Waals surface area contributed by atoms with Gasteiger partial charge in [-0.2, -0.15) is 0 Å². The van der Waals surface area contributed by atoms with Gasteiger partial charge in [-0.3, -0.25) is 4.90 Å². The molecular formula is C20H26N2O3. The highest BCUT2D eigenvalue weighted by molar-refractivity contribution is 5.68. The maximum Gasteiger partial charge on any atom is 0.120 e. The molecule has 1 aliphatic carbocycles. The van der Waals surface area contributed by atoms with Crippen molar-refractivity contribution in [1.82, 2.24) is 4.90 Å². The topological polar surface area (TPSA) is 56.2 Å². The van der Waals surface area contributed by atoms with Crippen LogP contribution in [0, 0.1) is 5.92 Å². The minimum atomic E-state index is -0.757. The first kappa shape index (κ1) is 15.7. The summed E-state index contributed by atoms with van der Waals surface area (Å²) in [6.45, 7) is 2.01. The molecule has 2 N–H and O–H groups in total. The first-order valence-electron chi connectivity index (χ1n) is 9.28. The number of hydrogen-bond acceptors (Lipinski definition) is 5. The van der Waals surface area contributed by atoms with E-state index in [-0.39, 0.29) is 23.4 Å². The van der Waals surface area contributed by atoms with Crippen LogP contribution in [0.15, 0.2) is 30.4 Å². The van der Waals surface area contributed by atoms with Gasteiger partial charge in [-0.25, -0.2) is 0 Å². The molecule has 2 fully saturated rings. The van der Waals surface area contributed by atoms with Crippen molar-refractivity contribution < 1.29 is 14.9 Å². The number of nitrogens with zero attached hydrogens (tertiary/aromatic N) is 2. The van der Waals surface area contributed by atoms with E-state index in [0.29, 0.717) is 0 Å². The first-order valence-corrected chi connectivity index (χ1v) is 9.28. The number of likely N-dealkylation sites (N-methyl/N-ethyl adjacent to an activating group) is 1. The van der Waals surface area contributed by atoms with Crippen LogP contribution in [-0.4, -0.2) is 66.7 Å². The minimum Gasteiger partial charge on any atom is -0.497 e. The van der Waals surface area contributed by atoms with Gasteiger partial charge < -0.3 is 19.8 Å². The third kappa shape index (κ3) is 1.79. The number of aliphatic hydroxyl groups is 2. The average molecular weight is 342 g/mol. The highest BCUT2D eigenvalue weighted by atomic mass is 16.5. The van der Waals surface area contributed by atoms with Crippen molar-refractivity contribution in [1.29, 1.82) is 0 Å². The van der Waals surface area contributed by atoms with E-state index in [2.05, 4.69) is 34.1 Å². The Balaban J connectivity index is 1.75. The van der Waals surface area contributed by atoms with Crippen molar-refractivity contribution >= 4 is 5.69 Å². The molecule has 25 heavy (non-hydrogen) atoms.